The number of ether oxygens (including phenoxy) is 2. The minimum atomic E-state index is -0.366. The molecule has 3 rings (SSSR count). The molecule has 18 heavy (non-hydrogen) atoms. The van der Waals surface area contributed by atoms with Crippen molar-refractivity contribution in [3.8, 4) is 0 Å². The van der Waals surface area contributed by atoms with Gasteiger partial charge < -0.3 is 19.7 Å². The number of nitrogens with one attached hydrogen (secondary N) is 1. The van der Waals surface area contributed by atoms with Crippen molar-refractivity contribution in [2.24, 2.45) is 5.41 Å². The zero-order chi connectivity index (χ0) is 12.4. The molecule has 3 heterocycles. The number of likely N-dealkylation sites (tertiary alicyclic amines) is 1. The van der Waals surface area contributed by atoms with E-state index in [0.29, 0.717) is 25.2 Å². The smallest absolute Gasteiger partial charge is 0.254 e. The summed E-state index contributed by atoms with van der Waals surface area (Å²) < 4.78 is 10.8. The molecule has 3 aliphatic heterocycles. The van der Waals surface area contributed by atoms with E-state index in [2.05, 4.69) is 5.32 Å². The van der Waals surface area contributed by atoms with E-state index in [9.17, 15) is 4.79 Å². The van der Waals surface area contributed by atoms with Crippen LogP contribution in [0.5, 0.6) is 0 Å². The Morgan fingerprint density at radius 1 is 1.22 bits per heavy atom. The highest BCUT2D eigenvalue weighted by Gasteiger charge is 2.39. The first-order valence-electron chi connectivity index (χ1n) is 6.98. The lowest BCUT2D eigenvalue weighted by molar-refractivity contribution is -0.159. The summed E-state index contributed by atoms with van der Waals surface area (Å²) in [4.78, 5) is 14.2. The lowest BCUT2D eigenvalue weighted by atomic mass is 9.78. The predicted octanol–water partition coefficient (Wildman–Crippen LogP) is 0.00390. The summed E-state index contributed by atoms with van der Waals surface area (Å²) in [6.45, 7) is 5.57. The van der Waals surface area contributed by atoms with Gasteiger partial charge in [0.05, 0.1) is 19.8 Å². The highest BCUT2D eigenvalue weighted by atomic mass is 16.6. The molecular formula is C13H22N2O3. The van der Waals surface area contributed by atoms with Crippen LogP contribution >= 0.6 is 0 Å². The van der Waals surface area contributed by atoms with E-state index in [1.165, 1.54) is 6.42 Å². The van der Waals surface area contributed by atoms with Crippen molar-refractivity contribution in [1.82, 2.24) is 10.2 Å². The second-order valence-corrected chi connectivity index (χ2v) is 5.69. The van der Waals surface area contributed by atoms with E-state index in [-0.39, 0.29) is 12.0 Å². The molecule has 0 saturated carbocycles. The molecular weight excluding hydrogens is 232 g/mol. The highest BCUT2D eigenvalue weighted by molar-refractivity contribution is 5.81. The fraction of sp³-hybridized carbons (Fsp3) is 0.923. The number of nitrogens with zero attached hydrogens (tertiary/aromatic N) is 1. The normalized spacial score (nSPS) is 31.8. The van der Waals surface area contributed by atoms with Gasteiger partial charge in [0.25, 0.3) is 5.91 Å². The number of rotatable bonds is 1. The van der Waals surface area contributed by atoms with E-state index in [0.717, 1.165) is 39.0 Å². The SMILES string of the molecule is O=C(C1COCCO1)N1CCC2(CCNC2)CC1. The van der Waals surface area contributed by atoms with Gasteiger partial charge in [-0.15, -0.1) is 0 Å². The molecule has 0 aromatic rings. The van der Waals surface area contributed by atoms with Gasteiger partial charge >= 0.3 is 0 Å². The van der Waals surface area contributed by atoms with Gasteiger partial charge in [-0.05, 0) is 31.2 Å². The van der Waals surface area contributed by atoms with Crippen molar-refractivity contribution in [3.63, 3.8) is 0 Å². The molecule has 0 bridgehead atoms. The summed E-state index contributed by atoms with van der Waals surface area (Å²) in [7, 11) is 0. The fourth-order valence-electron chi connectivity index (χ4n) is 3.26. The van der Waals surface area contributed by atoms with Crippen LogP contribution in [0.2, 0.25) is 0 Å². The topological polar surface area (TPSA) is 50.8 Å². The fourth-order valence-corrected chi connectivity index (χ4v) is 3.26. The minimum Gasteiger partial charge on any atom is -0.376 e. The van der Waals surface area contributed by atoms with Crippen LogP contribution in [0.1, 0.15) is 19.3 Å². The van der Waals surface area contributed by atoms with E-state index < -0.39 is 0 Å². The van der Waals surface area contributed by atoms with E-state index in [1.807, 2.05) is 4.90 Å². The molecule has 0 aromatic heterocycles. The zero-order valence-corrected chi connectivity index (χ0v) is 10.8. The molecule has 1 spiro atoms. The van der Waals surface area contributed by atoms with Crippen molar-refractivity contribution < 1.29 is 14.3 Å². The first-order valence-corrected chi connectivity index (χ1v) is 6.98. The monoisotopic (exact) mass is 254 g/mol. The van der Waals surface area contributed by atoms with Gasteiger partial charge in [-0.25, -0.2) is 0 Å². The Morgan fingerprint density at radius 3 is 2.67 bits per heavy atom. The summed E-state index contributed by atoms with van der Waals surface area (Å²) >= 11 is 0. The Balaban J connectivity index is 1.53. The van der Waals surface area contributed by atoms with Crippen LogP contribution in [-0.4, -0.2) is 62.9 Å². The maximum Gasteiger partial charge on any atom is 0.254 e. The Bertz CT molecular complexity index is 299. The molecule has 0 radical (unpaired) electrons. The number of amides is 1. The summed E-state index contributed by atoms with van der Waals surface area (Å²) in [5, 5.41) is 3.44. The van der Waals surface area contributed by atoms with Crippen molar-refractivity contribution in [2.75, 3.05) is 46.0 Å². The first-order chi connectivity index (χ1) is 8.79. The Kier molecular flexibility index (Phi) is 3.54. The molecule has 5 heteroatoms. The van der Waals surface area contributed by atoms with Crippen LogP contribution in [0.25, 0.3) is 0 Å². The van der Waals surface area contributed by atoms with Gasteiger partial charge in [0.2, 0.25) is 0 Å². The Hall–Kier alpha value is -0.650. The van der Waals surface area contributed by atoms with Crippen LogP contribution in [0, 0.1) is 5.41 Å². The number of hydrogen-bond donors (Lipinski definition) is 1. The average molecular weight is 254 g/mol. The van der Waals surface area contributed by atoms with Gasteiger partial charge in [-0.3, -0.25) is 4.79 Å². The summed E-state index contributed by atoms with van der Waals surface area (Å²) in [5.41, 5.74) is 0.459. The Morgan fingerprint density at radius 2 is 2.06 bits per heavy atom. The summed E-state index contributed by atoms with van der Waals surface area (Å²) in [5.74, 6) is 0.121. The van der Waals surface area contributed by atoms with Crippen molar-refractivity contribution >= 4 is 5.91 Å². The van der Waals surface area contributed by atoms with Crippen LogP contribution in [0.4, 0.5) is 0 Å². The van der Waals surface area contributed by atoms with Crippen LogP contribution in [0.15, 0.2) is 0 Å². The van der Waals surface area contributed by atoms with Gasteiger partial charge in [0.1, 0.15) is 0 Å². The predicted molar refractivity (Wildman–Crippen MR) is 66.3 cm³/mol. The maximum atomic E-state index is 12.3. The molecule has 3 saturated heterocycles. The second kappa shape index (κ2) is 5.15. The Labute approximate surface area is 108 Å². The van der Waals surface area contributed by atoms with Crippen molar-refractivity contribution in [1.29, 1.82) is 0 Å². The summed E-state index contributed by atoms with van der Waals surface area (Å²) in [6, 6.07) is 0. The quantitative estimate of drug-likeness (QED) is 0.716. The third kappa shape index (κ3) is 2.39. The molecule has 3 aliphatic rings. The van der Waals surface area contributed by atoms with Gasteiger partial charge in [0, 0.05) is 19.6 Å². The third-order valence-corrected chi connectivity index (χ3v) is 4.56. The van der Waals surface area contributed by atoms with Gasteiger partial charge in [-0.1, -0.05) is 0 Å². The zero-order valence-electron chi connectivity index (χ0n) is 10.8. The summed E-state index contributed by atoms with van der Waals surface area (Å²) in [6.07, 6.45) is 3.14. The van der Waals surface area contributed by atoms with Crippen molar-refractivity contribution in [2.45, 2.75) is 25.4 Å². The van der Waals surface area contributed by atoms with Crippen molar-refractivity contribution in [3.05, 3.63) is 0 Å². The number of piperidine rings is 1. The van der Waals surface area contributed by atoms with E-state index >= 15 is 0 Å². The van der Waals surface area contributed by atoms with E-state index in [4.69, 9.17) is 9.47 Å². The molecule has 1 amide bonds. The van der Waals surface area contributed by atoms with E-state index in [1.54, 1.807) is 0 Å². The molecule has 0 aliphatic carbocycles. The maximum absolute atomic E-state index is 12.3. The molecule has 5 nitrogen and oxygen atoms in total. The number of hydrogen-bond acceptors (Lipinski definition) is 4. The second-order valence-electron chi connectivity index (χ2n) is 5.69. The number of carbonyl (C=O) groups excluding carboxylic acids is 1. The molecule has 1 N–H and O–H groups in total. The van der Waals surface area contributed by atoms with Gasteiger partial charge in [-0.2, -0.15) is 0 Å². The van der Waals surface area contributed by atoms with Crippen LogP contribution < -0.4 is 5.32 Å². The lowest BCUT2D eigenvalue weighted by Crippen LogP contribution is -2.50. The van der Waals surface area contributed by atoms with Gasteiger partial charge in [0.15, 0.2) is 6.10 Å². The molecule has 3 fully saturated rings. The number of carbonyl (C=O) groups is 1. The molecule has 0 aromatic carbocycles. The minimum absolute atomic E-state index is 0.121. The average Bonchev–Trinajstić information content (AvgIpc) is 2.88. The van der Waals surface area contributed by atoms with Crippen LogP contribution in [-0.2, 0) is 14.3 Å². The first kappa shape index (κ1) is 12.4. The molecule has 1 atom stereocenters. The standard InChI is InChI=1S/C13H22N2O3/c16-12(11-9-17-7-8-18-11)15-5-2-13(3-6-15)1-4-14-10-13/h11,14H,1-10H2. The highest BCUT2D eigenvalue weighted by Crippen LogP contribution is 2.37. The lowest BCUT2D eigenvalue weighted by Gasteiger charge is -2.40. The largest absolute Gasteiger partial charge is 0.376 e. The van der Waals surface area contributed by atoms with Crippen LogP contribution in [0.3, 0.4) is 0 Å². The molecule has 102 valence electrons. The molecule has 1 unspecified atom stereocenters. The third-order valence-electron chi connectivity index (χ3n) is 4.56.